The van der Waals surface area contributed by atoms with E-state index in [0.717, 1.165) is 0 Å². The zero-order chi connectivity index (χ0) is 8.43. The van der Waals surface area contributed by atoms with Gasteiger partial charge in [-0.2, -0.15) is 9.26 Å². The van der Waals surface area contributed by atoms with Gasteiger partial charge in [-0.25, -0.2) is 4.79 Å². The number of aromatic nitrogens is 1. The normalized spacial score (nSPS) is 9.82. The molecule has 0 aliphatic rings. The van der Waals surface area contributed by atoms with E-state index in [1.54, 1.807) is 0 Å². The van der Waals surface area contributed by atoms with Crippen LogP contribution < -0.4 is 11.5 Å². The Morgan fingerprint density at radius 1 is 1.55 bits per heavy atom. The average Bonchev–Trinajstić information content (AvgIpc) is 1.82. The predicted molar refractivity (Wildman–Crippen MR) is 29.7 cm³/mol. The summed E-state index contributed by atoms with van der Waals surface area (Å²) >= 11 is 0. The first-order valence-corrected chi connectivity index (χ1v) is 2.61. The standard InChI is InChI=1S/C4H4N2O5/c5-2(7)1-3(8)6-4(9)10-11-6/h1H2,(H2,5,7). The molecule has 0 aliphatic heterocycles. The molecule has 1 aromatic rings. The number of hydrogen-bond acceptors (Lipinski definition) is 5. The second-order valence-electron chi connectivity index (χ2n) is 1.75. The van der Waals surface area contributed by atoms with Crippen molar-refractivity contribution in [1.82, 2.24) is 4.74 Å². The molecule has 0 aliphatic carbocycles. The molecule has 1 amide bonds. The van der Waals surface area contributed by atoms with Gasteiger partial charge in [0.2, 0.25) is 5.91 Å². The lowest BCUT2D eigenvalue weighted by Crippen LogP contribution is -2.32. The van der Waals surface area contributed by atoms with Crippen molar-refractivity contribution in [2.75, 3.05) is 0 Å². The van der Waals surface area contributed by atoms with Crippen molar-refractivity contribution in [3.05, 3.63) is 10.6 Å². The third kappa shape index (κ3) is 1.37. The maximum absolute atomic E-state index is 10.6. The van der Waals surface area contributed by atoms with Crippen LogP contribution in [-0.4, -0.2) is 16.6 Å². The lowest BCUT2D eigenvalue weighted by Gasteiger charge is -1.97. The first kappa shape index (κ1) is 7.32. The summed E-state index contributed by atoms with van der Waals surface area (Å²) in [5.41, 5.74) is 4.66. The van der Waals surface area contributed by atoms with Gasteiger partial charge in [-0.1, -0.05) is 0 Å². The highest BCUT2D eigenvalue weighted by Crippen LogP contribution is 1.87. The summed E-state index contributed by atoms with van der Waals surface area (Å²) in [6, 6.07) is 0. The van der Waals surface area contributed by atoms with E-state index in [0.29, 0.717) is 4.74 Å². The fourth-order valence-corrected chi connectivity index (χ4v) is 0.469. The van der Waals surface area contributed by atoms with E-state index < -0.39 is 24.0 Å². The van der Waals surface area contributed by atoms with E-state index in [4.69, 9.17) is 0 Å². The van der Waals surface area contributed by atoms with E-state index in [1.807, 2.05) is 0 Å². The Bertz CT molecular complexity index is 328. The van der Waals surface area contributed by atoms with E-state index in [9.17, 15) is 14.4 Å². The highest BCUT2D eigenvalue weighted by atomic mass is 17.1. The molecule has 0 atom stereocenters. The Labute approximate surface area is 59.2 Å². The number of amides is 1. The van der Waals surface area contributed by atoms with Crippen molar-refractivity contribution in [3.8, 4) is 0 Å². The Kier molecular flexibility index (Phi) is 1.63. The Morgan fingerprint density at radius 3 is 2.45 bits per heavy atom. The van der Waals surface area contributed by atoms with Crippen molar-refractivity contribution >= 4 is 11.8 Å². The molecule has 0 saturated heterocycles. The number of nitrogens with zero attached hydrogens (tertiary/aromatic N) is 1. The Hall–Kier alpha value is -1.79. The van der Waals surface area contributed by atoms with Gasteiger partial charge in [0.15, 0.2) is 0 Å². The maximum atomic E-state index is 10.6. The highest BCUT2D eigenvalue weighted by molar-refractivity contribution is 5.96. The summed E-state index contributed by atoms with van der Waals surface area (Å²) in [6.45, 7) is 0. The number of hydrogen-bond donors (Lipinski definition) is 1. The molecule has 1 rings (SSSR count). The Balaban J connectivity index is 2.68. The minimum absolute atomic E-state index is 0.310. The molecule has 7 nitrogen and oxygen atoms in total. The molecule has 0 bridgehead atoms. The molecule has 11 heavy (non-hydrogen) atoms. The van der Waals surface area contributed by atoms with Crippen LogP contribution >= 0.6 is 0 Å². The van der Waals surface area contributed by atoms with Gasteiger partial charge in [0.1, 0.15) is 6.42 Å². The molecule has 2 N–H and O–H groups in total. The SMILES string of the molecule is NC(=O)CC(=O)n1ooc1=O. The van der Waals surface area contributed by atoms with E-state index >= 15 is 0 Å². The van der Waals surface area contributed by atoms with E-state index in [1.165, 1.54) is 0 Å². The third-order valence-electron chi connectivity index (χ3n) is 0.901. The molecule has 0 fully saturated rings. The van der Waals surface area contributed by atoms with Crippen molar-refractivity contribution in [2.24, 2.45) is 5.73 Å². The summed E-state index contributed by atoms with van der Waals surface area (Å²) in [4.78, 5) is 31.0. The van der Waals surface area contributed by atoms with Crippen LogP contribution in [0.4, 0.5) is 0 Å². The van der Waals surface area contributed by atoms with E-state index in [2.05, 4.69) is 15.0 Å². The van der Waals surface area contributed by atoms with Crippen LogP contribution in [-0.2, 0) is 4.79 Å². The number of carbonyl (C=O) groups is 2. The molecule has 0 aromatic carbocycles. The molecule has 0 spiro atoms. The molecule has 60 valence electrons. The monoisotopic (exact) mass is 160 g/mol. The first-order chi connectivity index (χ1) is 5.11. The zero-order valence-electron chi connectivity index (χ0n) is 5.27. The topological polar surface area (TPSA) is 108 Å². The molecule has 7 heteroatoms. The van der Waals surface area contributed by atoms with Gasteiger partial charge >= 0.3 is 5.76 Å². The highest BCUT2D eigenvalue weighted by Gasteiger charge is 2.17. The summed E-state index contributed by atoms with van der Waals surface area (Å²) < 4.78 is 8.00. The summed E-state index contributed by atoms with van der Waals surface area (Å²) in [5.74, 6) is -2.62. The van der Waals surface area contributed by atoms with Gasteiger partial charge in [-0.3, -0.25) is 9.59 Å². The lowest BCUT2D eigenvalue weighted by atomic mass is 10.4. The minimum Gasteiger partial charge on any atom is -0.369 e. The minimum atomic E-state index is -0.948. The van der Waals surface area contributed by atoms with Crippen LogP contribution in [0, 0.1) is 0 Å². The lowest BCUT2D eigenvalue weighted by molar-refractivity contribution is -0.137. The second-order valence-corrected chi connectivity index (χ2v) is 1.75. The number of carbonyl (C=O) groups excluding carboxylic acids is 2. The van der Waals surface area contributed by atoms with Crippen molar-refractivity contribution in [3.63, 3.8) is 0 Å². The van der Waals surface area contributed by atoms with Crippen molar-refractivity contribution in [1.29, 1.82) is 0 Å². The first-order valence-electron chi connectivity index (χ1n) is 2.61. The van der Waals surface area contributed by atoms with Crippen LogP contribution in [0.3, 0.4) is 0 Å². The van der Waals surface area contributed by atoms with Crippen LogP contribution in [0.15, 0.2) is 14.1 Å². The largest absolute Gasteiger partial charge is 0.498 e. The summed E-state index contributed by atoms with van der Waals surface area (Å²) in [5, 5.41) is 0. The van der Waals surface area contributed by atoms with Gasteiger partial charge in [0, 0.05) is 0 Å². The second kappa shape index (κ2) is 2.45. The summed E-state index contributed by atoms with van der Waals surface area (Å²) in [6.07, 6.45) is -0.574. The molecular weight excluding hydrogens is 156 g/mol. The zero-order valence-corrected chi connectivity index (χ0v) is 5.27. The van der Waals surface area contributed by atoms with E-state index in [-0.39, 0.29) is 0 Å². The molecule has 0 radical (unpaired) electrons. The average molecular weight is 160 g/mol. The van der Waals surface area contributed by atoms with Crippen molar-refractivity contribution < 1.29 is 18.8 Å². The molecule has 1 aromatic heterocycles. The fraction of sp³-hybridized carbons (Fsp3) is 0.250. The summed E-state index contributed by atoms with van der Waals surface area (Å²) in [7, 11) is 0. The van der Waals surface area contributed by atoms with Gasteiger partial charge in [0.05, 0.1) is 0 Å². The third-order valence-corrected chi connectivity index (χ3v) is 0.901. The smallest absolute Gasteiger partial charge is 0.369 e. The van der Waals surface area contributed by atoms with Crippen molar-refractivity contribution in [2.45, 2.75) is 6.42 Å². The molecule has 0 unspecified atom stereocenters. The number of primary amides is 1. The van der Waals surface area contributed by atoms with Crippen LogP contribution in [0.25, 0.3) is 0 Å². The van der Waals surface area contributed by atoms with Gasteiger partial charge in [-0.15, -0.1) is 0 Å². The predicted octanol–water partition coefficient (Wildman–Crippen LogP) is -1.45. The number of rotatable bonds is 2. The quantitative estimate of drug-likeness (QED) is 0.420. The van der Waals surface area contributed by atoms with Crippen LogP contribution in [0.1, 0.15) is 11.2 Å². The molecule has 1 heterocycles. The van der Waals surface area contributed by atoms with Gasteiger partial charge in [-0.05, 0) is 4.74 Å². The van der Waals surface area contributed by atoms with Gasteiger partial charge < -0.3 is 5.73 Å². The van der Waals surface area contributed by atoms with Crippen LogP contribution in [0.5, 0.6) is 0 Å². The van der Waals surface area contributed by atoms with Gasteiger partial charge in [0.25, 0.3) is 5.91 Å². The van der Waals surface area contributed by atoms with Crippen LogP contribution in [0.2, 0.25) is 0 Å². The number of nitrogens with two attached hydrogens (primary N) is 1. The maximum Gasteiger partial charge on any atom is 0.498 e. The Morgan fingerprint density at radius 2 is 2.18 bits per heavy atom. The molecule has 0 saturated carbocycles. The fourth-order valence-electron chi connectivity index (χ4n) is 0.469. The molecular formula is C4H4N2O5.